The molecular formula is C13H16O3. The molecular weight excluding hydrogens is 204 g/mol. The van der Waals surface area contributed by atoms with E-state index in [0.29, 0.717) is 11.5 Å². The van der Waals surface area contributed by atoms with Crippen molar-refractivity contribution in [3.8, 4) is 0 Å². The average molecular weight is 220 g/mol. The molecule has 1 aliphatic heterocycles. The monoisotopic (exact) mass is 220 g/mol. The summed E-state index contributed by atoms with van der Waals surface area (Å²) >= 11 is 0. The molecule has 1 aliphatic rings. The standard InChI is InChI=1S/C13H16O3/c1-9(2)16-13(14)11-5-3-4-10(6-11)12-7-15-8-12/h3-6,9,12H,7-8H2,1-2H3. The minimum atomic E-state index is -0.253. The third kappa shape index (κ3) is 2.42. The van der Waals surface area contributed by atoms with Gasteiger partial charge in [0, 0.05) is 5.92 Å². The van der Waals surface area contributed by atoms with Crippen molar-refractivity contribution >= 4 is 5.97 Å². The number of hydrogen-bond donors (Lipinski definition) is 0. The van der Waals surface area contributed by atoms with Gasteiger partial charge < -0.3 is 9.47 Å². The highest BCUT2D eigenvalue weighted by Gasteiger charge is 2.21. The van der Waals surface area contributed by atoms with Gasteiger partial charge in [0.1, 0.15) is 0 Å². The summed E-state index contributed by atoms with van der Waals surface area (Å²) in [6.07, 6.45) is -0.0804. The molecule has 0 aliphatic carbocycles. The van der Waals surface area contributed by atoms with Gasteiger partial charge in [0.05, 0.1) is 24.9 Å². The number of rotatable bonds is 3. The lowest BCUT2D eigenvalue weighted by Crippen LogP contribution is -2.25. The van der Waals surface area contributed by atoms with E-state index in [1.807, 2.05) is 32.0 Å². The lowest BCUT2D eigenvalue weighted by atomic mass is 9.96. The normalized spacial score (nSPS) is 15.9. The number of benzene rings is 1. The fourth-order valence-corrected chi connectivity index (χ4v) is 1.63. The van der Waals surface area contributed by atoms with E-state index in [4.69, 9.17) is 9.47 Å². The van der Waals surface area contributed by atoms with E-state index in [1.165, 1.54) is 0 Å². The van der Waals surface area contributed by atoms with Crippen molar-refractivity contribution in [2.45, 2.75) is 25.9 Å². The Kier molecular flexibility index (Phi) is 3.25. The van der Waals surface area contributed by atoms with Crippen LogP contribution in [0.1, 0.15) is 35.7 Å². The van der Waals surface area contributed by atoms with Crippen LogP contribution in [0.2, 0.25) is 0 Å². The molecule has 0 radical (unpaired) electrons. The van der Waals surface area contributed by atoms with Gasteiger partial charge >= 0.3 is 5.97 Å². The lowest BCUT2D eigenvalue weighted by molar-refractivity contribution is 0.00829. The van der Waals surface area contributed by atoms with E-state index in [2.05, 4.69) is 0 Å². The maximum atomic E-state index is 11.7. The Bertz CT molecular complexity index is 381. The number of ether oxygens (including phenoxy) is 2. The van der Waals surface area contributed by atoms with Gasteiger partial charge in [-0.15, -0.1) is 0 Å². The van der Waals surface area contributed by atoms with Gasteiger partial charge in [0.2, 0.25) is 0 Å². The largest absolute Gasteiger partial charge is 0.459 e. The molecule has 0 atom stereocenters. The summed E-state index contributed by atoms with van der Waals surface area (Å²) in [4.78, 5) is 11.7. The van der Waals surface area contributed by atoms with Crippen LogP contribution in [0.3, 0.4) is 0 Å². The third-order valence-corrected chi connectivity index (χ3v) is 2.57. The van der Waals surface area contributed by atoms with Gasteiger partial charge in [-0.25, -0.2) is 4.79 Å². The SMILES string of the molecule is CC(C)OC(=O)c1cccc(C2COC2)c1. The maximum absolute atomic E-state index is 11.7. The molecule has 1 saturated heterocycles. The Balaban J connectivity index is 2.11. The summed E-state index contributed by atoms with van der Waals surface area (Å²) in [6.45, 7) is 5.20. The van der Waals surface area contributed by atoms with Gasteiger partial charge in [-0.1, -0.05) is 12.1 Å². The second kappa shape index (κ2) is 4.66. The summed E-state index contributed by atoms with van der Waals surface area (Å²) in [7, 11) is 0. The molecule has 0 aromatic heterocycles. The Morgan fingerprint density at radius 3 is 2.75 bits per heavy atom. The maximum Gasteiger partial charge on any atom is 0.338 e. The molecule has 16 heavy (non-hydrogen) atoms. The molecule has 3 heteroatoms. The van der Waals surface area contributed by atoms with Crippen LogP contribution in [0.4, 0.5) is 0 Å². The van der Waals surface area contributed by atoms with Crippen molar-refractivity contribution in [2.24, 2.45) is 0 Å². The molecule has 0 spiro atoms. The summed E-state index contributed by atoms with van der Waals surface area (Å²) in [5, 5.41) is 0. The van der Waals surface area contributed by atoms with E-state index in [-0.39, 0.29) is 12.1 Å². The molecule has 0 N–H and O–H groups in total. The van der Waals surface area contributed by atoms with E-state index in [1.54, 1.807) is 6.07 Å². The zero-order valence-corrected chi connectivity index (χ0v) is 9.60. The molecule has 1 heterocycles. The van der Waals surface area contributed by atoms with Crippen LogP contribution in [0.15, 0.2) is 24.3 Å². The zero-order valence-electron chi connectivity index (χ0n) is 9.60. The predicted molar refractivity (Wildman–Crippen MR) is 60.6 cm³/mol. The van der Waals surface area contributed by atoms with Crippen molar-refractivity contribution in [1.82, 2.24) is 0 Å². The first kappa shape index (κ1) is 11.1. The highest BCUT2D eigenvalue weighted by molar-refractivity contribution is 5.89. The first-order valence-electron chi connectivity index (χ1n) is 5.55. The molecule has 1 fully saturated rings. The summed E-state index contributed by atoms with van der Waals surface area (Å²) < 4.78 is 10.3. The number of carbonyl (C=O) groups excluding carboxylic acids is 1. The molecule has 1 aromatic rings. The smallest absolute Gasteiger partial charge is 0.338 e. The fourth-order valence-electron chi connectivity index (χ4n) is 1.63. The van der Waals surface area contributed by atoms with Crippen molar-refractivity contribution in [3.05, 3.63) is 35.4 Å². The third-order valence-electron chi connectivity index (χ3n) is 2.57. The van der Waals surface area contributed by atoms with Gasteiger partial charge in [0.15, 0.2) is 0 Å². The van der Waals surface area contributed by atoms with Gasteiger partial charge in [0.25, 0.3) is 0 Å². The first-order valence-corrected chi connectivity index (χ1v) is 5.55. The van der Waals surface area contributed by atoms with Crippen LogP contribution in [0.5, 0.6) is 0 Å². The molecule has 0 bridgehead atoms. The minimum Gasteiger partial charge on any atom is -0.459 e. The van der Waals surface area contributed by atoms with Crippen LogP contribution in [-0.4, -0.2) is 25.3 Å². The Labute approximate surface area is 95.4 Å². The molecule has 2 rings (SSSR count). The summed E-state index contributed by atoms with van der Waals surface area (Å²) in [6, 6.07) is 7.61. The van der Waals surface area contributed by atoms with Crippen LogP contribution < -0.4 is 0 Å². The number of esters is 1. The van der Waals surface area contributed by atoms with Crippen LogP contribution >= 0.6 is 0 Å². The molecule has 1 aromatic carbocycles. The topological polar surface area (TPSA) is 35.5 Å². The average Bonchev–Trinajstić information content (AvgIpc) is 2.14. The fraction of sp³-hybridized carbons (Fsp3) is 0.462. The predicted octanol–water partition coefficient (Wildman–Crippen LogP) is 2.37. The minimum absolute atomic E-state index is 0.0804. The van der Waals surface area contributed by atoms with Crippen molar-refractivity contribution in [1.29, 1.82) is 0 Å². The van der Waals surface area contributed by atoms with E-state index in [0.717, 1.165) is 18.8 Å². The second-order valence-electron chi connectivity index (χ2n) is 4.31. The van der Waals surface area contributed by atoms with E-state index < -0.39 is 0 Å². The highest BCUT2D eigenvalue weighted by Crippen LogP contribution is 2.24. The van der Waals surface area contributed by atoms with E-state index >= 15 is 0 Å². The van der Waals surface area contributed by atoms with Crippen molar-refractivity contribution in [3.63, 3.8) is 0 Å². The van der Waals surface area contributed by atoms with Gasteiger partial charge in [-0.2, -0.15) is 0 Å². The van der Waals surface area contributed by atoms with Crippen molar-refractivity contribution in [2.75, 3.05) is 13.2 Å². The Hall–Kier alpha value is -1.35. The van der Waals surface area contributed by atoms with Gasteiger partial charge in [-0.3, -0.25) is 0 Å². The summed E-state index contributed by atoms with van der Waals surface area (Å²) in [5.74, 6) is 0.184. The Morgan fingerprint density at radius 2 is 2.19 bits per heavy atom. The number of hydrogen-bond acceptors (Lipinski definition) is 3. The molecule has 0 unspecified atom stereocenters. The quantitative estimate of drug-likeness (QED) is 0.733. The molecule has 0 saturated carbocycles. The molecule has 86 valence electrons. The summed E-state index contributed by atoms with van der Waals surface area (Å²) in [5.41, 5.74) is 1.78. The zero-order chi connectivity index (χ0) is 11.5. The van der Waals surface area contributed by atoms with E-state index in [9.17, 15) is 4.79 Å². The highest BCUT2D eigenvalue weighted by atomic mass is 16.5. The first-order chi connectivity index (χ1) is 7.66. The number of carbonyl (C=O) groups is 1. The van der Waals surface area contributed by atoms with Crippen LogP contribution in [0.25, 0.3) is 0 Å². The van der Waals surface area contributed by atoms with Gasteiger partial charge in [-0.05, 0) is 31.5 Å². The molecule has 0 amide bonds. The Morgan fingerprint density at radius 1 is 1.44 bits per heavy atom. The van der Waals surface area contributed by atoms with Crippen LogP contribution in [-0.2, 0) is 9.47 Å². The van der Waals surface area contributed by atoms with Crippen LogP contribution in [0, 0.1) is 0 Å². The lowest BCUT2D eigenvalue weighted by Gasteiger charge is -2.26. The second-order valence-corrected chi connectivity index (χ2v) is 4.31. The molecule has 3 nitrogen and oxygen atoms in total. The van der Waals surface area contributed by atoms with Crippen molar-refractivity contribution < 1.29 is 14.3 Å².